The normalized spacial score (nSPS) is 9.92. The number of rotatable bonds is 0. The molecule has 0 saturated heterocycles. The van der Waals surface area contributed by atoms with E-state index in [0.29, 0.717) is 0 Å². The van der Waals surface area contributed by atoms with Gasteiger partial charge in [-0.1, -0.05) is 0 Å². The Morgan fingerprint density at radius 3 is 3.25 bits per heavy atom. The number of nitrogens with one attached hydrogen (secondary N) is 1. The largest absolute Gasteiger partial charge is 0.284 e. The first-order valence-corrected chi connectivity index (χ1v) is 3.14. The molecule has 2 aromatic rings. The Labute approximate surface area is 66.1 Å². The van der Waals surface area contributed by atoms with Crippen molar-refractivity contribution in [2.75, 3.05) is 0 Å². The zero-order valence-electron chi connectivity index (χ0n) is 5.85. The fourth-order valence-electron chi connectivity index (χ4n) is 0.886. The molecule has 0 bridgehead atoms. The molecule has 0 aliphatic rings. The van der Waals surface area contributed by atoms with Gasteiger partial charge < -0.3 is 0 Å². The number of aromatic nitrogens is 4. The maximum Gasteiger partial charge on any atom is 0.244 e. The van der Waals surface area contributed by atoms with Gasteiger partial charge in [-0.15, -0.1) is 5.10 Å². The van der Waals surface area contributed by atoms with Crippen molar-refractivity contribution in [3.63, 3.8) is 0 Å². The van der Waals surface area contributed by atoms with Crippen molar-refractivity contribution in [3.8, 4) is 6.07 Å². The molecule has 12 heavy (non-hydrogen) atoms. The van der Waals surface area contributed by atoms with Gasteiger partial charge in [-0.2, -0.15) is 9.89 Å². The number of nitrogens with zero attached hydrogens (tertiary/aromatic N) is 4. The first kappa shape index (κ1) is 6.54. The predicted octanol–water partition coefficient (Wildman–Crippen LogP) is -0.711. The fraction of sp³-hybridized carbons (Fsp3) is 0. The van der Waals surface area contributed by atoms with Crippen LogP contribution in [-0.2, 0) is 0 Å². The zero-order chi connectivity index (χ0) is 8.55. The monoisotopic (exact) mass is 161 g/mol. The van der Waals surface area contributed by atoms with Gasteiger partial charge in [-0.3, -0.25) is 9.89 Å². The van der Waals surface area contributed by atoms with Gasteiger partial charge in [0.25, 0.3) is 0 Å². The summed E-state index contributed by atoms with van der Waals surface area (Å²) in [6.07, 6.45) is 2.54. The Kier molecular flexibility index (Phi) is 1.18. The van der Waals surface area contributed by atoms with Crippen LogP contribution in [0.25, 0.3) is 5.65 Å². The summed E-state index contributed by atoms with van der Waals surface area (Å²) in [6.45, 7) is 0. The molecule has 2 rings (SSSR count). The quantitative estimate of drug-likeness (QED) is 0.552. The molecule has 2 heterocycles. The summed E-state index contributed by atoms with van der Waals surface area (Å²) in [6, 6.07) is 1.75. The average molecular weight is 161 g/mol. The van der Waals surface area contributed by atoms with Crippen molar-refractivity contribution in [3.05, 3.63) is 28.3 Å². The minimum absolute atomic E-state index is 0.0375. The number of fused-ring (bicyclic) bond motifs is 1. The molecular formula is C6H3N5O. The molecule has 6 nitrogen and oxygen atoms in total. The van der Waals surface area contributed by atoms with Gasteiger partial charge >= 0.3 is 0 Å². The van der Waals surface area contributed by atoms with Gasteiger partial charge in [0.1, 0.15) is 18.0 Å². The lowest BCUT2D eigenvalue weighted by molar-refractivity contribution is 0.794. The van der Waals surface area contributed by atoms with Crippen molar-refractivity contribution in [2.45, 2.75) is 0 Å². The summed E-state index contributed by atoms with van der Waals surface area (Å²) < 4.78 is 1.21. The van der Waals surface area contributed by atoms with Gasteiger partial charge in [0.05, 0.1) is 0 Å². The lowest BCUT2D eigenvalue weighted by Crippen LogP contribution is -2.12. The first-order valence-electron chi connectivity index (χ1n) is 3.14. The van der Waals surface area contributed by atoms with Gasteiger partial charge in [0.15, 0.2) is 0 Å². The average Bonchev–Trinajstić information content (AvgIpc) is 2.53. The van der Waals surface area contributed by atoms with E-state index >= 15 is 0 Å². The minimum Gasteiger partial charge on any atom is -0.284 e. The van der Waals surface area contributed by atoms with Crippen molar-refractivity contribution in [1.29, 1.82) is 5.26 Å². The van der Waals surface area contributed by atoms with E-state index in [9.17, 15) is 4.79 Å². The molecule has 6 heteroatoms. The van der Waals surface area contributed by atoms with Crippen molar-refractivity contribution in [2.24, 2.45) is 0 Å². The van der Waals surface area contributed by atoms with Crippen LogP contribution in [0.4, 0.5) is 0 Å². The third-order valence-electron chi connectivity index (χ3n) is 1.45. The summed E-state index contributed by atoms with van der Waals surface area (Å²) in [5.41, 5.74) is -0.238. The van der Waals surface area contributed by atoms with E-state index in [0.717, 1.165) is 0 Å². The summed E-state index contributed by atoms with van der Waals surface area (Å²) >= 11 is 0. The van der Waals surface area contributed by atoms with Crippen LogP contribution in [0, 0.1) is 11.3 Å². The second kappa shape index (κ2) is 2.17. The fourth-order valence-corrected chi connectivity index (χ4v) is 0.886. The van der Waals surface area contributed by atoms with Crippen LogP contribution in [0.5, 0.6) is 0 Å². The van der Waals surface area contributed by atoms with Crippen molar-refractivity contribution >= 4 is 5.65 Å². The van der Waals surface area contributed by atoms with E-state index in [1.165, 1.54) is 17.2 Å². The molecule has 0 aliphatic carbocycles. The van der Waals surface area contributed by atoms with E-state index in [-0.39, 0.29) is 11.2 Å². The van der Waals surface area contributed by atoms with Crippen LogP contribution in [-0.4, -0.2) is 19.8 Å². The molecule has 0 spiro atoms. The molecule has 0 unspecified atom stereocenters. The third-order valence-corrected chi connectivity index (χ3v) is 1.45. The molecule has 0 aliphatic heterocycles. The number of H-pyrrole nitrogens is 1. The highest BCUT2D eigenvalue weighted by atomic mass is 16.1. The van der Waals surface area contributed by atoms with E-state index in [1.54, 1.807) is 6.07 Å². The number of hydrogen-bond donors (Lipinski definition) is 1. The smallest absolute Gasteiger partial charge is 0.244 e. The minimum atomic E-state index is -0.409. The topological polar surface area (TPSA) is 86.8 Å². The summed E-state index contributed by atoms with van der Waals surface area (Å²) in [7, 11) is 0. The Bertz CT molecular complexity index is 516. The lowest BCUT2D eigenvalue weighted by Gasteiger charge is -1.89. The maximum absolute atomic E-state index is 11.3. The third kappa shape index (κ3) is 0.703. The highest BCUT2D eigenvalue weighted by Crippen LogP contribution is 1.89. The number of hydrogen-bond acceptors (Lipinski definition) is 4. The molecule has 0 saturated carbocycles. The van der Waals surface area contributed by atoms with Crippen LogP contribution < -0.4 is 5.43 Å². The van der Waals surface area contributed by atoms with Crippen LogP contribution in [0.1, 0.15) is 5.56 Å². The van der Waals surface area contributed by atoms with Crippen LogP contribution >= 0.6 is 0 Å². The van der Waals surface area contributed by atoms with Crippen LogP contribution in [0.3, 0.4) is 0 Å². The second-order valence-electron chi connectivity index (χ2n) is 2.12. The molecule has 1 N–H and O–H groups in total. The predicted molar refractivity (Wildman–Crippen MR) is 38.3 cm³/mol. The van der Waals surface area contributed by atoms with Crippen LogP contribution in [0.2, 0.25) is 0 Å². The van der Waals surface area contributed by atoms with E-state index in [4.69, 9.17) is 5.26 Å². The highest BCUT2D eigenvalue weighted by Gasteiger charge is 2.04. The molecule has 0 atom stereocenters. The Balaban J connectivity index is 3.00. The Morgan fingerprint density at radius 1 is 1.67 bits per heavy atom. The molecular weight excluding hydrogens is 158 g/mol. The summed E-state index contributed by atoms with van der Waals surface area (Å²) in [5, 5.41) is 14.8. The molecule has 2 aromatic heterocycles. The van der Waals surface area contributed by atoms with Gasteiger partial charge in [0.2, 0.25) is 11.1 Å². The lowest BCUT2D eigenvalue weighted by atomic mass is 10.3. The molecule has 58 valence electrons. The highest BCUT2D eigenvalue weighted by molar-refractivity contribution is 5.41. The SMILES string of the molecule is N#Cc1c[nH]n2ncnc2c1=O. The van der Waals surface area contributed by atoms with Crippen LogP contribution in [0.15, 0.2) is 17.3 Å². The molecule has 0 aromatic carbocycles. The standard InChI is InChI=1S/C6H3N5O/c7-1-4-2-9-11-6(5(4)12)8-3-10-11/h2-3,9H. The van der Waals surface area contributed by atoms with Gasteiger partial charge in [0, 0.05) is 6.20 Å². The van der Waals surface area contributed by atoms with E-state index in [1.807, 2.05) is 0 Å². The number of aromatic amines is 1. The molecule has 0 radical (unpaired) electrons. The van der Waals surface area contributed by atoms with Gasteiger partial charge in [-0.25, -0.2) is 4.98 Å². The number of nitriles is 1. The zero-order valence-corrected chi connectivity index (χ0v) is 5.85. The van der Waals surface area contributed by atoms with E-state index < -0.39 is 5.43 Å². The molecule has 0 fully saturated rings. The Hall–Kier alpha value is -2.16. The molecule has 0 amide bonds. The maximum atomic E-state index is 11.3. The van der Waals surface area contributed by atoms with Crippen molar-refractivity contribution < 1.29 is 0 Å². The summed E-state index contributed by atoms with van der Waals surface area (Å²) in [5.74, 6) is 0. The van der Waals surface area contributed by atoms with E-state index in [2.05, 4.69) is 15.2 Å². The second-order valence-corrected chi connectivity index (χ2v) is 2.12. The first-order chi connectivity index (χ1) is 5.83. The Morgan fingerprint density at radius 2 is 2.50 bits per heavy atom. The summed E-state index contributed by atoms with van der Waals surface area (Å²) in [4.78, 5) is 14.9. The van der Waals surface area contributed by atoms with Gasteiger partial charge in [-0.05, 0) is 0 Å². The van der Waals surface area contributed by atoms with Crippen molar-refractivity contribution in [1.82, 2.24) is 19.8 Å².